The predicted octanol–water partition coefficient (Wildman–Crippen LogP) is 2.93. The number of amides is 3. The fourth-order valence-electron chi connectivity index (χ4n) is 3.27. The first-order chi connectivity index (χ1) is 14.8. The molecule has 11 heteroatoms. The summed E-state index contributed by atoms with van der Waals surface area (Å²) in [4.78, 5) is 30.4. The minimum atomic E-state index is -1.09. The van der Waals surface area contributed by atoms with E-state index in [2.05, 4.69) is 10.3 Å². The van der Waals surface area contributed by atoms with Gasteiger partial charge in [0.1, 0.15) is 12.4 Å². The maximum atomic E-state index is 15.0. The summed E-state index contributed by atoms with van der Waals surface area (Å²) in [5, 5.41) is 2.59. The van der Waals surface area contributed by atoms with Gasteiger partial charge in [-0.1, -0.05) is 0 Å². The van der Waals surface area contributed by atoms with Gasteiger partial charge in [0.05, 0.1) is 45.2 Å². The molecular formula is C20H21F3N4O4. The van der Waals surface area contributed by atoms with E-state index in [-0.39, 0.29) is 37.0 Å². The maximum absolute atomic E-state index is 15.0. The molecule has 2 aromatic rings. The van der Waals surface area contributed by atoms with Gasteiger partial charge in [-0.25, -0.2) is 18.0 Å². The molecule has 166 valence electrons. The number of alkyl halides is 1. The third-order valence-corrected chi connectivity index (χ3v) is 4.75. The van der Waals surface area contributed by atoms with Crippen LogP contribution in [0.1, 0.15) is 18.2 Å². The molecule has 1 aromatic carbocycles. The van der Waals surface area contributed by atoms with Crippen LogP contribution in [0.3, 0.4) is 0 Å². The first-order valence-corrected chi connectivity index (χ1v) is 9.29. The van der Waals surface area contributed by atoms with Crippen LogP contribution in [-0.2, 0) is 17.9 Å². The zero-order valence-corrected chi connectivity index (χ0v) is 17.2. The number of nitrogens with zero attached hydrogens (tertiary/aromatic N) is 3. The molecule has 0 unspecified atom stereocenters. The first kappa shape index (κ1) is 22.2. The van der Waals surface area contributed by atoms with Crippen LogP contribution in [0.5, 0.6) is 11.5 Å². The van der Waals surface area contributed by atoms with Gasteiger partial charge in [0.2, 0.25) is 5.91 Å². The van der Waals surface area contributed by atoms with Gasteiger partial charge < -0.3 is 14.8 Å². The van der Waals surface area contributed by atoms with Crippen LogP contribution >= 0.6 is 0 Å². The van der Waals surface area contributed by atoms with E-state index in [1.54, 1.807) is 0 Å². The molecule has 0 aliphatic carbocycles. The summed E-state index contributed by atoms with van der Waals surface area (Å²) in [6.45, 7) is 0.0284. The molecule has 31 heavy (non-hydrogen) atoms. The molecule has 0 atom stereocenters. The SMILES string of the molecule is COc1cc(OC)c(F)c(N2Cc3cnc(CNC(C)=O)cc3N(CCF)C2=O)c1F. The second-order valence-electron chi connectivity index (χ2n) is 6.68. The molecule has 1 aromatic heterocycles. The molecule has 0 radical (unpaired) electrons. The molecule has 1 aliphatic rings. The van der Waals surface area contributed by atoms with Crippen molar-refractivity contribution in [1.82, 2.24) is 10.3 Å². The van der Waals surface area contributed by atoms with Crippen molar-refractivity contribution in [2.45, 2.75) is 20.0 Å². The van der Waals surface area contributed by atoms with Gasteiger partial charge in [0.25, 0.3) is 0 Å². The summed E-state index contributed by atoms with van der Waals surface area (Å²) in [6.07, 6.45) is 1.42. The Bertz CT molecular complexity index is 990. The van der Waals surface area contributed by atoms with Gasteiger partial charge in [-0.05, 0) is 6.07 Å². The lowest BCUT2D eigenvalue weighted by molar-refractivity contribution is -0.119. The second kappa shape index (κ2) is 9.11. The zero-order valence-electron chi connectivity index (χ0n) is 17.2. The van der Waals surface area contributed by atoms with Crippen molar-refractivity contribution in [3.05, 3.63) is 41.2 Å². The summed E-state index contributed by atoms with van der Waals surface area (Å²) in [6, 6.07) is 1.75. The third kappa shape index (κ3) is 4.21. The summed E-state index contributed by atoms with van der Waals surface area (Å²) in [5.41, 5.74) is 0.572. The standard InChI is InChI=1S/C20H21F3N4O4/c1-11(28)24-9-13-6-14-12(8-25-13)10-27(20(29)26(14)5-4-21)19-17(22)15(30-2)7-16(31-3)18(19)23/h6-8H,4-5,9-10H2,1-3H3,(H,24,28). The van der Waals surface area contributed by atoms with Crippen molar-refractivity contribution >= 4 is 23.3 Å². The van der Waals surface area contributed by atoms with Crippen LogP contribution in [-0.4, -0.2) is 44.4 Å². The van der Waals surface area contributed by atoms with Crippen molar-refractivity contribution in [3.8, 4) is 11.5 Å². The quantitative estimate of drug-likeness (QED) is 0.719. The number of urea groups is 1. The van der Waals surface area contributed by atoms with Gasteiger partial charge in [-0.15, -0.1) is 0 Å². The largest absolute Gasteiger partial charge is 0.493 e. The van der Waals surface area contributed by atoms with E-state index >= 15 is 0 Å². The normalized spacial score (nSPS) is 13.2. The number of fused-ring (bicyclic) bond motifs is 1. The molecule has 0 bridgehead atoms. The number of anilines is 2. The molecule has 1 N–H and O–H groups in total. The molecule has 2 heterocycles. The average molecular weight is 438 g/mol. The van der Waals surface area contributed by atoms with E-state index in [1.807, 2.05) is 0 Å². The lowest BCUT2D eigenvalue weighted by Crippen LogP contribution is -2.49. The molecule has 8 nitrogen and oxygen atoms in total. The number of ether oxygens (including phenoxy) is 2. The van der Waals surface area contributed by atoms with Gasteiger partial charge in [0.15, 0.2) is 23.1 Å². The number of carbonyl (C=O) groups excluding carboxylic acids is 2. The molecule has 3 rings (SSSR count). The van der Waals surface area contributed by atoms with Crippen molar-refractivity contribution < 1.29 is 32.2 Å². The van der Waals surface area contributed by atoms with Gasteiger partial charge in [-0.3, -0.25) is 19.6 Å². The number of halogens is 3. The lowest BCUT2D eigenvalue weighted by Gasteiger charge is -2.37. The number of nitrogens with one attached hydrogen (secondary N) is 1. The van der Waals surface area contributed by atoms with Crippen LogP contribution in [0.15, 0.2) is 18.3 Å². The lowest BCUT2D eigenvalue weighted by atomic mass is 10.1. The van der Waals surface area contributed by atoms with Crippen molar-refractivity contribution in [2.24, 2.45) is 0 Å². The Kier molecular flexibility index (Phi) is 6.52. The Hall–Kier alpha value is -3.50. The molecule has 0 saturated heterocycles. The zero-order chi connectivity index (χ0) is 22.7. The van der Waals surface area contributed by atoms with Crippen LogP contribution in [0, 0.1) is 11.6 Å². The number of benzene rings is 1. The fourth-order valence-corrected chi connectivity index (χ4v) is 3.27. The molecule has 0 spiro atoms. The monoisotopic (exact) mass is 438 g/mol. The Balaban J connectivity index is 2.09. The van der Waals surface area contributed by atoms with Crippen LogP contribution in [0.2, 0.25) is 0 Å². The first-order valence-electron chi connectivity index (χ1n) is 9.29. The number of pyridine rings is 1. The Labute approximate surface area is 176 Å². The summed E-state index contributed by atoms with van der Waals surface area (Å²) in [5.74, 6) is -3.07. The predicted molar refractivity (Wildman–Crippen MR) is 106 cm³/mol. The number of methoxy groups -OCH3 is 2. The molecule has 0 saturated carbocycles. The second-order valence-corrected chi connectivity index (χ2v) is 6.68. The Morgan fingerprint density at radius 1 is 1.19 bits per heavy atom. The van der Waals surface area contributed by atoms with Crippen molar-refractivity contribution in [2.75, 3.05) is 37.2 Å². The van der Waals surface area contributed by atoms with E-state index in [4.69, 9.17) is 9.47 Å². The Morgan fingerprint density at radius 2 is 1.84 bits per heavy atom. The maximum Gasteiger partial charge on any atom is 0.329 e. The highest BCUT2D eigenvalue weighted by Crippen LogP contribution is 2.40. The minimum absolute atomic E-state index is 0.111. The topological polar surface area (TPSA) is 84.0 Å². The van der Waals surface area contributed by atoms with E-state index < -0.39 is 30.0 Å². The number of hydrogen-bond acceptors (Lipinski definition) is 5. The van der Waals surface area contributed by atoms with E-state index in [9.17, 15) is 22.8 Å². The average Bonchev–Trinajstić information content (AvgIpc) is 2.75. The molecule has 3 amide bonds. The number of aromatic nitrogens is 1. The van der Waals surface area contributed by atoms with Crippen molar-refractivity contribution in [1.29, 1.82) is 0 Å². The van der Waals surface area contributed by atoms with E-state index in [0.29, 0.717) is 16.9 Å². The third-order valence-electron chi connectivity index (χ3n) is 4.75. The van der Waals surface area contributed by atoms with Gasteiger partial charge in [-0.2, -0.15) is 0 Å². The minimum Gasteiger partial charge on any atom is -0.493 e. The van der Waals surface area contributed by atoms with Gasteiger partial charge in [0, 0.05) is 24.8 Å². The molecule has 0 fully saturated rings. The summed E-state index contributed by atoms with van der Waals surface area (Å²) < 4.78 is 53.1. The van der Waals surface area contributed by atoms with E-state index in [1.165, 1.54) is 33.4 Å². The van der Waals surface area contributed by atoms with Crippen LogP contribution in [0.25, 0.3) is 0 Å². The molecular weight excluding hydrogens is 417 g/mol. The highest BCUT2D eigenvalue weighted by atomic mass is 19.1. The number of rotatable bonds is 7. The highest BCUT2D eigenvalue weighted by molar-refractivity contribution is 6.06. The van der Waals surface area contributed by atoms with Gasteiger partial charge >= 0.3 is 6.03 Å². The number of carbonyl (C=O) groups is 2. The fraction of sp³-hybridized carbons (Fsp3) is 0.350. The Morgan fingerprint density at radius 3 is 2.39 bits per heavy atom. The van der Waals surface area contributed by atoms with Crippen LogP contribution in [0.4, 0.5) is 29.3 Å². The summed E-state index contributed by atoms with van der Waals surface area (Å²) in [7, 11) is 2.39. The summed E-state index contributed by atoms with van der Waals surface area (Å²) >= 11 is 0. The highest BCUT2D eigenvalue weighted by Gasteiger charge is 2.36. The van der Waals surface area contributed by atoms with E-state index in [0.717, 1.165) is 15.9 Å². The number of hydrogen-bond donors (Lipinski definition) is 1. The smallest absolute Gasteiger partial charge is 0.329 e. The van der Waals surface area contributed by atoms with Crippen LogP contribution < -0.4 is 24.6 Å². The van der Waals surface area contributed by atoms with Crippen molar-refractivity contribution in [3.63, 3.8) is 0 Å². The molecule has 1 aliphatic heterocycles.